The molecule has 0 atom stereocenters. The summed E-state index contributed by atoms with van der Waals surface area (Å²) in [5.41, 5.74) is 12.0. The van der Waals surface area contributed by atoms with E-state index >= 15 is 0 Å². The molecule has 4 aromatic rings. The fourth-order valence-electron chi connectivity index (χ4n) is 4.34. The number of fused-ring (bicyclic) bond motifs is 3. The van der Waals surface area contributed by atoms with Crippen molar-refractivity contribution in [1.82, 2.24) is 14.5 Å². The molecule has 172 valence electrons. The molecular formula is C27H27N5OS. The lowest BCUT2D eigenvalue weighted by atomic mass is 10.0. The number of unbranched alkanes of at least 4 members (excludes halogenated alkanes) is 1. The average molecular weight is 470 g/mol. The molecule has 0 amide bonds. The first kappa shape index (κ1) is 23.5. The topological polar surface area (TPSA) is 89.8 Å². The molecule has 0 aliphatic heterocycles. The van der Waals surface area contributed by atoms with Crippen LogP contribution >= 0.6 is 11.8 Å². The lowest BCUT2D eigenvalue weighted by Gasteiger charge is -2.16. The number of imidazole rings is 1. The fraction of sp³-hybridized carbons (Fsp3) is 0.296. The molecule has 0 fully saturated rings. The molecule has 0 saturated heterocycles. The summed E-state index contributed by atoms with van der Waals surface area (Å²) in [6.07, 6.45) is 8.38. The minimum atomic E-state index is 0.190. The maximum Gasteiger partial charge on any atom is 0.152 e. The normalized spacial score (nSPS) is 10.9. The molecule has 4 rings (SSSR count). The van der Waals surface area contributed by atoms with Gasteiger partial charge >= 0.3 is 0 Å². The highest BCUT2D eigenvalue weighted by Gasteiger charge is 2.18. The molecule has 0 saturated carbocycles. The molecule has 2 aromatic heterocycles. The Bertz CT molecular complexity index is 1430. The summed E-state index contributed by atoms with van der Waals surface area (Å²) >= 11 is 1.18. The van der Waals surface area contributed by atoms with Crippen LogP contribution in [0.25, 0.3) is 21.9 Å². The Labute approximate surface area is 204 Å². The van der Waals surface area contributed by atoms with Crippen LogP contribution in [0.1, 0.15) is 42.3 Å². The highest BCUT2D eigenvalue weighted by atomic mass is 32.2. The second kappa shape index (κ2) is 10.5. The predicted octanol–water partition coefficient (Wildman–Crippen LogP) is 5.59. The van der Waals surface area contributed by atoms with Gasteiger partial charge in [0, 0.05) is 29.7 Å². The van der Waals surface area contributed by atoms with Crippen molar-refractivity contribution >= 4 is 39.5 Å². The minimum Gasteiger partial charge on any atom is -0.480 e. The van der Waals surface area contributed by atoms with Crippen LogP contribution in [0.5, 0.6) is 5.75 Å². The maximum absolute atomic E-state index is 9.11. The van der Waals surface area contributed by atoms with Crippen LogP contribution in [0, 0.1) is 29.9 Å². The number of aromatic nitrogens is 3. The molecule has 2 aromatic carbocycles. The third-order valence-corrected chi connectivity index (χ3v) is 6.37. The van der Waals surface area contributed by atoms with Crippen molar-refractivity contribution in [2.45, 2.75) is 45.4 Å². The van der Waals surface area contributed by atoms with Crippen LogP contribution < -0.4 is 10.5 Å². The van der Waals surface area contributed by atoms with Gasteiger partial charge < -0.3 is 15.0 Å². The first-order chi connectivity index (χ1) is 16.6. The Morgan fingerprint density at radius 3 is 2.82 bits per heavy atom. The molecule has 0 aliphatic carbocycles. The largest absolute Gasteiger partial charge is 0.480 e. The zero-order chi connectivity index (χ0) is 24.1. The monoisotopic (exact) mass is 469 g/mol. The number of hydrogen-bond donors (Lipinski definition) is 1. The second-order valence-electron chi connectivity index (χ2n) is 8.20. The molecule has 6 nitrogen and oxygen atoms in total. The molecule has 0 aliphatic rings. The number of ether oxygens (including phenoxy) is 1. The SMILES string of the molecule is C#CCOc1c(C)cc(Cn2c(CCCC)nc3c(N)nc4ccccc4c32)cc1CSC#N. The molecule has 7 heteroatoms. The van der Waals surface area contributed by atoms with Gasteiger partial charge in [-0.25, -0.2) is 9.97 Å². The number of rotatable bonds is 9. The van der Waals surface area contributed by atoms with Crippen LogP contribution in [0.15, 0.2) is 36.4 Å². The predicted molar refractivity (Wildman–Crippen MR) is 140 cm³/mol. The summed E-state index contributed by atoms with van der Waals surface area (Å²) in [4.78, 5) is 9.51. The Hall–Kier alpha value is -3.68. The number of anilines is 1. The average Bonchev–Trinajstić information content (AvgIpc) is 3.19. The first-order valence-electron chi connectivity index (χ1n) is 11.3. The number of thioether (sulfide) groups is 1. The number of aryl methyl sites for hydroxylation is 2. The first-order valence-corrected chi connectivity index (χ1v) is 12.3. The van der Waals surface area contributed by atoms with E-state index in [9.17, 15) is 0 Å². The second-order valence-corrected chi connectivity index (χ2v) is 8.96. The van der Waals surface area contributed by atoms with Gasteiger partial charge in [0.1, 0.15) is 29.1 Å². The van der Waals surface area contributed by atoms with E-state index in [0.29, 0.717) is 18.1 Å². The van der Waals surface area contributed by atoms with Gasteiger partial charge in [-0.05, 0) is 48.4 Å². The van der Waals surface area contributed by atoms with E-state index in [1.807, 2.05) is 25.1 Å². The van der Waals surface area contributed by atoms with E-state index in [2.05, 4.69) is 46.0 Å². The highest BCUT2D eigenvalue weighted by Crippen LogP contribution is 2.32. The zero-order valence-electron chi connectivity index (χ0n) is 19.5. The van der Waals surface area contributed by atoms with Crippen molar-refractivity contribution in [1.29, 1.82) is 5.26 Å². The van der Waals surface area contributed by atoms with Crippen LogP contribution in [-0.2, 0) is 18.7 Å². The van der Waals surface area contributed by atoms with Crippen molar-refractivity contribution in [3.63, 3.8) is 0 Å². The van der Waals surface area contributed by atoms with Crippen molar-refractivity contribution in [2.75, 3.05) is 12.3 Å². The zero-order valence-corrected chi connectivity index (χ0v) is 20.3. The van der Waals surface area contributed by atoms with Crippen LogP contribution in [-0.4, -0.2) is 21.1 Å². The van der Waals surface area contributed by atoms with Gasteiger partial charge in [-0.15, -0.1) is 6.42 Å². The van der Waals surface area contributed by atoms with E-state index in [-0.39, 0.29) is 6.61 Å². The molecule has 0 radical (unpaired) electrons. The van der Waals surface area contributed by atoms with Gasteiger partial charge in [-0.2, -0.15) is 5.26 Å². The summed E-state index contributed by atoms with van der Waals surface area (Å²) in [5.74, 6) is 5.25. The summed E-state index contributed by atoms with van der Waals surface area (Å²) in [6.45, 7) is 5.01. The minimum absolute atomic E-state index is 0.190. The molecule has 0 unspecified atom stereocenters. The Balaban J connectivity index is 1.87. The molecule has 2 heterocycles. The Morgan fingerprint density at radius 2 is 2.06 bits per heavy atom. The highest BCUT2D eigenvalue weighted by molar-refractivity contribution is 8.02. The quantitative estimate of drug-likeness (QED) is 0.254. The van der Waals surface area contributed by atoms with Crippen molar-refractivity contribution < 1.29 is 4.74 Å². The lowest BCUT2D eigenvalue weighted by Crippen LogP contribution is -2.08. The molecule has 0 spiro atoms. The summed E-state index contributed by atoms with van der Waals surface area (Å²) in [6, 6.07) is 12.3. The van der Waals surface area contributed by atoms with Crippen LogP contribution in [0.4, 0.5) is 5.82 Å². The van der Waals surface area contributed by atoms with Gasteiger partial charge in [0.2, 0.25) is 0 Å². The van der Waals surface area contributed by atoms with E-state index < -0.39 is 0 Å². The molecule has 0 bridgehead atoms. The number of nitriles is 1. The number of para-hydroxylation sites is 1. The van der Waals surface area contributed by atoms with E-state index in [0.717, 1.165) is 69.5 Å². The van der Waals surface area contributed by atoms with Gasteiger partial charge in [-0.3, -0.25) is 0 Å². The number of thiocyanates is 1. The third kappa shape index (κ3) is 4.66. The number of nitrogen functional groups attached to an aromatic ring is 1. The molecular weight excluding hydrogens is 442 g/mol. The molecule has 2 N–H and O–H groups in total. The smallest absolute Gasteiger partial charge is 0.152 e. The van der Waals surface area contributed by atoms with E-state index in [1.54, 1.807) is 0 Å². The van der Waals surface area contributed by atoms with Crippen LogP contribution in [0.2, 0.25) is 0 Å². The Morgan fingerprint density at radius 1 is 1.24 bits per heavy atom. The van der Waals surface area contributed by atoms with Crippen molar-refractivity contribution in [3.8, 4) is 23.5 Å². The van der Waals surface area contributed by atoms with E-state index in [4.69, 9.17) is 27.1 Å². The summed E-state index contributed by atoms with van der Waals surface area (Å²) in [5, 5.41) is 12.3. The number of benzene rings is 2. The van der Waals surface area contributed by atoms with Crippen molar-refractivity contribution in [2.24, 2.45) is 0 Å². The Kier molecular flexibility index (Phi) is 7.25. The van der Waals surface area contributed by atoms with Crippen molar-refractivity contribution in [3.05, 3.63) is 58.9 Å². The van der Waals surface area contributed by atoms with Gasteiger partial charge in [0.25, 0.3) is 0 Å². The summed E-state index contributed by atoms with van der Waals surface area (Å²) in [7, 11) is 0. The maximum atomic E-state index is 9.11. The fourth-order valence-corrected chi connectivity index (χ4v) is 4.77. The van der Waals surface area contributed by atoms with E-state index in [1.165, 1.54) is 11.8 Å². The van der Waals surface area contributed by atoms with Gasteiger partial charge in [-0.1, -0.05) is 43.5 Å². The number of nitrogens with two attached hydrogens (primary N) is 1. The van der Waals surface area contributed by atoms with Gasteiger partial charge in [0.15, 0.2) is 5.82 Å². The number of nitrogens with zero attached hydrogens (tertiary/aromatic N) is 4. The number of hydrogen-bond acceptors (Lipinski definition) is 6. The third-order valence-electron chi connectivity index (χ3n) is 5.79. The number of pyridine rings is 1. The van der Waals surface area contributed by atoms with Crippen LogP contribution in [0.3, 0.4) is 0 Å². The van der Waals surface area contributed by atoms with Gasteiger partial charge in [0.05, 0.1) is 11.0 Å². The molecule has 34 heavy (non-hydrogen) atoms. The standard InChI is InChI=1S/C27H27N5OS/c1-4-6-11-23-31-24-25(21-9-7-8-10-22(21)30-27(24)29)32(23)15-19-13-18(3)26(33-12-5-2)20(14-19)16-34-17-28/h2,7-10,13-14H,4,6,11-12,15-16H2,1,3H3,(H2,29,30). The number of terminal acetylenes is 1. The summed E-state index contributed by atoms with van der Waals surface area (Å²) < 4.78 is 8.09. The lowest BCUT2D eigenvalue weighted by molar-refractivity contribution is 0.364.